The van der Waals surface area contributed by atoms with Crippen LogP contribution in [-0.4, -0.2) is 27.6 Å². The number of halogens is 1. The van der Waals surface area contributed by atoms with Crippen molar-refractivity contribution in [1.82, 2.24) is 5.32 Å². The van der Waals surface area contributed by atoms with Gasteiger partial charge in [-0.3, -0.25) is 14.9 Å². The number of carbonyl (C=O) groups excluding carboxylic acids is 1. The van der Waals surface area contributed by atoms with E-state index in [0.717, 1.165) is 12.1 Å². The zero-order valence-corrected chi connectivity index (χ0v) is 11.6. The highest BCUT2D eigenvalue weighted by molar-refractivity contribution is 6.31. The van der Waals surface area contributed by atoms with Gasteiger partial charge in [0.05, 0.1) is 16.6 Å². The topological polar surface area (TPSA) is 92.5 Å². The number of hydrogen-bond donors (Lipinski definition) is 2. The van der Waals surface area contributed by atoms with E-state index in [9.17, 15) is 20.0 Å². The number of aliphatic hydroxyl groups is 1. The summed E-state index contributed by atoms with van der Waals surface area (Å²) in [5, 5.41) is 22.9. The van der Waals surface area contributed by atoms with Crippen LogP contribution in [0.3, 0.4) is 0 Å². The first-order valence-corrected chi connectivity index (χ1v) is 5.97. The van der Waals surface area contributed by atoms with Gasteiger partial charge in [-0.05, 0) is 26.8 Å². The van der Waals surface area contributed by atoms with Crippen LogP contribution in [-0.2, 0) is 0 Å². The fourth-order valence-corrected chi connectivity index (χ4v) is 1.51. The lowest BCUT2D eigenvalue weighted by Crippen LogP contribution is -2.50. The van der Waals surface area contributed by atoms with Crippen LogP contribution in [0.25, 0.3) is 0 Å². The van der Waals surface area contributed by atoms with E-state index in [0.29, 0.717) is 0 Å². The molecule has 7 heteroatoms. The minimum absolute atomic E-state index is 0.0768. The van der Waals surface area contributed by atoms with Gasteiger partial charge in [-0.1, -0.05) is 11.6 Å². The Morgan fingerprint density at radius 3 is 2.53 bits per heavy atom. The zero-order valence-electron chi connectivity index (χ0n) is 10.8. The Bertz CT molecular complexity index is 514. The first-order valence-electron chi connectivity index (χ1n) is 5.59. The molecule has 6 nitrogen and oxygen atoms in total. The highest BCUT2D eigenvalue weighted by Gasteiger charge is 2.27. The first kappa shape index (κ1) is 15.4. The number of nitro benzene ring substituents is 1. The molecular formula is C12H15ClN2O4. The standard InChI is InChI=1S/C12H15ClN2O4/c1-7(16)12(2,3)14-11(17)8-4-9(13)6-10(5-8)15(18)19/h4-7,16H,1-3H3,(H,14,17). The van der Waals surface area contributed by atoms with Crippen LogP contribution in [0.2, 0.25) is 5.02 Å². The summed E-state index contributed by atoms with van der Waals surface area (Å²) >= 11 is 5.74. The van der Waals surface area contributed by atoms with E-state index in [4.69, 9.17) is 11.6 Å². The predicted molar refractivity (Wildman–Crippen MR) is 71.3 cm³/mol. The number of amides is 1. The van der Waals surface area contributed by atoms with Crippen LogP contribution in [0.15, 0.2) is 18.2 Å². The maximum atomic E-state index is 12.0. The molecule has 1 atom stereocenters. The normalized spacial score (nSPS) is 12.9. The largest absolute Gasteiger partial charge is 0.391 e. The zero-order chi connectivity index (χ0) is 14.8. The number of nitrogens with zero attached hydrogens (tertiary/aromatic N) is 1. The first-order chi connectivity index (χ1) is 8.63. The van der Waals surface area contributed by atoms with Crippen molar-refractivity contribution in [2.75, 3.05) is 0 Å². The Labute approximate surface area is 115 Å². The molecule has 1 rings (SSSR count). The van der Waals surface area contributed by atoms with Crippen molar-refractivity contribution < 1.29 is 14.8 Å². The number of hydrogen-bond acceptors (Lipinski definition) is 4. The molecule has 1 unspecified atom stereocenters. The lowest BCUT2D eigenvalue weighted by Gasteiger charge is -2.29. The molecule has 0 aromatic heterocycles. The number of nitrogens with one attached hydrogen (secondary N) is 1. The predicted octanol–water partition coefficient (Wildman–Crippen LogP) is 2.14. The maximum Gasteiger partial charge on any atom is 0.271 e. The third-order valence-corrected chi connectivity index (χ3v) is 3.05. The van der Waals surface area contributed by atoms with E-state index in [1.807, 2.05) is 0 Å². The summed E-state index contributed by atoms with van der Waals surface area (Å²) in [6.07, 6.45) is -0.773. The minimum Gasteiger partial charge on any atom is -0.391 e. The van der Waals surface area contributed by atoms with E-state index in [2.05, 4.69) is 5.32 Å². The molecule has 0 heterocycles. The average molecular weight is 287 g/mol. The van der Waals surface area contributed by atoms with Crippen molar-refractivity contribution >= 4 is 23.2 Å². The molecule has 1 aromatic rings. The van der Waals surface area contributed by atoms with Crippen molar-refractivity contribution in [2.45, 2.75) is 32.4 Å². The summed E-state index contributed by atoms with van der Waals surface area (Å²) in [7, 11) is 0. The van der Waals surface area contributed by atoms with Crippen molar-refractivity contribution in [3.63, 3.8) is 0 Å². The Kier molecular flexibility index (Phi) is 4.49. The quantitative estimate of drug-likeness (QED) is 0.655. The van der Waals surface area contributed by atoms with E-state index < -0.39 is 22.5 Å². The van der Waals surface area contributed by atoms with Gasteiger partial charge in [-0.2, -0.15) is 0 Å². The number of benzene rings is 1. The number of non-ortho nitro benzene ring substituents is 1. The molecule has 0 aliphatic heterocycles. The van der Waals surface area contributed by atoms with Gasteiger partial charge < -0.3 is 10.4 Å². The van der Waals surface area contributed by atoms with Gasteiger partial charge in [0.25, 0.3) is 11.6 Å². The maximum absolute atomic E-state index is 12.0. The lowest BCUT2D eigenvalue weighted by atomic mass is 9.98. The SMILES string of the molecule is CC(O)C(C)(C)NC(=O)c1cc(Cl)cc([N+](=O)[O-])c1. The number of carbonyl (C=O) groups is 1. The summed E-state index contributed by atoms with van der Waals surface area (Å²) < 4.78 is 0. The van der Waals surface area contributed by atoms with E-state index >= 15 is 0 Å². The minimum atomic E-state index is -0.853. The summed E-state index contributed by atoms with van der Waals surface area (Å²) in [5.74, 6) is -0.531. The number of rotatable bonds is 4. The van der Waals surface area contributed by atoms with Crippen molar-refractivity contribution in [1.29, 1.82) is 0 Å². The monoisotopic (exact) mass is 286 g/mol. The Balaban J connectivity index is 3.04. The van der Waals surface area contributed by atoms with Gasteiger partial charge >= 0.3 is 0 Å². The van der Waals surface area contributed by atoms with Crippen LogP contribution < -0.4 is 5.32 Å². The Hall–Kier alpha value is -1.66. The van der Waals surface area contributed by atoms with Crippen molar-refractivity contribution in [2.24, 2.45) is 0 Å². The van der Waals surface area contributed by atoms with Crippen LogP contribution >= 0.6 is 11.6 Å². The molecule has 1 aromatic carbocycles. The summed E-state index contributed by atoms with van der Waals surface area (Å²) in [5.41, 5.74) is -1.03. The van der Waals surface area contributed by atoms with E-state index in [1.165, 1.54) is 6.07 Å². The molecule has 0 fully saturated rings. The second kappa shape index (κ2) is 5.54. The molecule has 0 saturated carbocycles. The van der Waals surface area contributed by atoms with Gasteiger partial charge in [0.15, 0.2) is 0 Å². The summed E-state index contributed by atoms with van der Waals surface area (Å²) in [4.78, 5) is 22.1. The van der Waals surface area contributed by atoms with Crippen molar-refractivity contribution in [3.8, 4) is 0 Å². The molecular weight excluding hydrogens is 272 g/mol. The molecule has 0 saturated heterocycles. The van der Waals surface area contributed by atoms with Gasteiger partial charge in [0, 0.05) is 22.7 Å². The third kappa shape index (κ3) is 3.90. The molecule has 0 aliphatic carbocycles. The third-order valence-electron chi connectivity index (χ3n) is 2.84. The lowest BCUT2D eigenvalue weighted by molar-refractivity contribution is -0.384. The second-order valence-corrected chi connectivity index (χ2v) is 5.24. The van der Waals surface area contributed by atoms with Crippen molar-refractivity contribution in [3.05, 3.63) is 38.9 Å². The summed E-state index contributed by atoms with van der Waals surface area (Å²) in [6.45, 7) is 4.84. The fourth-order valence-electron chi connectivity index (χ4n) is 1.28. The molecule has 0 spiro atoms. The highest BCUT2D eigenvalue weighted by atomic mass is 35.5. The molecule has 2 N–H and O–H groups in total. The average Bonchev–Trinajstić information content (AvgIpc) is 2.27. The Morgan fingerprint density at radius 2 is 2.05 bits per heavy atom. The molecule has 0 bridgehead atoms. The molecule has 19 heavy (non-hydrogen) atoms. The van der Waals surface area contributed by atoms with Crippen LogP contribution in [0, 0.1) is 10.1 Å². The van der Waals surface area contributed by atoms with Gasteiger partial charge in [-0.25, -0.2) is 0 Å². The summed E-state index contributed by atoms with van der Waals surface area (Å²) in [6, 6.07) is 3.64. The number of aliphatic hydroxyl groups excluding tert-OH is 1. The van der Waals surface area contributed by atoms with Crippen LogP contribution in [0.5, 0.6) is 0 Å². The van der Waals surface area contributed by atoms with E-state index in [-0.39, 0.29) is 16.3 Å². The molecule has 1 amide bonds. The van der Waals surface area contributed by atoms with E-state index in [1.54, 1.807) is 20.8 Å². The fraction of sp³-hybridized carbons (Fsp3) is 0.417. The number of nitro groups is 1. The van der Waals surface area contributed by atoms with Crippen LogP contribution in [0.1, 0.15) is 31.1 Å². The van der Waals surface area contributed by atoms with Gasteiger partial charge in [-0.15, -0.1) is 0 Å². The van der Waals surface area contributed by atoms with Gasteiger partial charge in [0.2, 0.25) is 0 Å². The van der Waals surface area contributed by atoms with Gasteiger partial charge in [0.1, 0.15) is 0 Å². The molecule has 0 aliphatic rings. The van der Waals surface area contributed by atoms with Crippen LogP contribution in [0.4, 0.5) is 5.69 Å². The highest BCUT2D eigenvalue weighted by Crippen LogP contribution is 2.21. The Morgan fingerprint density at radius 1 is 1.47 bits per heavy atom. The second-order valence-electron chi connectivity index (χ2n) is 4.81. The molecule has 0 radical (unpaired) electrons. The molecule has 104 valence electrons. The smallest absolute Gasteiger partial charge is 0.271 e.